The summed E-state index contributed by atoms with van der Waals surface area (Å²) in [6.45, 7) is 1.30. The van der Waals surface area contributed by atoms with Crippen molar-refractivity contribution < 1.29 is 31.2 Å². The lowest BCUT2D eigenvalue weighted by Crippen LogP contribution is -2.52. The predicted octanol–water partition coefficient (Wildman–Crippen LogP) is 1.90. The van der Waals surface area contributed by atoms with Gasteiger partial charge in [-0.1, -0.05) is 30.3 Å². The van der Waals surface area contributed by atoms with Crippen LogP contribution in [0.2, 0.25) is 0 Å². The van der Waals surface area contributed by atoms with Gasteiger partial charge in [-0.05, 0) is 25.1 Å². The molecule has 0 fully saturated rings. The van der Waals surface area contributed by atoms with Crippen LogP contribution in [0.15, 0.2) is 53.5 Å². The van der Waals surface area contributed by atoms with Crippen molar-refractivity contribution >= 4 is 33.2 Å². The molecule has 0 bridgehead atoms. The van der Waals surface area contributed by atoms with E-state index in [2.05, 4.69) is 15.0 Å². The Hall–Kier alpha value is -3.25. The minimum absolute atomic E-state index is 0.200. The van der Waals surface area contributed by atoms with Crippen LogP contribution >= 0.6 is 0 Å². The van der Waals surface area contributed by atoms with E-state index >= 15 is 0 Å². The molecule has 0 saturated carbocycles. The number of nitrogens with one attached hydrogen (secondary N) is 2. The van der Waals surface area contributed by atoms with Crippen LogP contribution in [0.5, 0.6) is 0 Å². The van der Waals surface area contributed by atoms with Crippen molar-refractivity contribution in [2.24, 2.45) is 4.99 Å². The molecule has 0 aliphatic carbocycles. The number of halogens is 3. The van der Waals surface area contributed by atoms with Crippen LogP contribution in [-0.2, 0) is 25.8 Å². The van der Waals surface area contributed by atoms with Crippen LogP contribution in [0.4, 0.5) is 18.9 Å². The van der Waals surface area contributed by atoms with Crippen LogP contribution in [-0.4, -0.2) is 51.5 Å². The molecule has 2 amide bonds. The van der Waals surface area contributed by atoms with E-state index in [1.54, 1.807) is 24.3 Å². The molecular formula is C21H21F3N4O4S. The summed E-state index contributed by atoms with van der Waals surface area (Å²) >= 11 is 0. The van der Waals surface area contributed by atoms with E-state index in [0.29, 0.717) is 16.8 Å². The first-order valence-electron chi connectivity index (χ1n) is 9.68. The number of carbonyl (C=O) groups is 2. The zero-order chi connectivity index (χ0) is 24.6. The van der Waals surface area contributed by atoms with Crippen LogP contribution in [0, 0.1) is 0 Å². The van der Waals surface area contributed by atoms with Gasteiger partial charge in [-0.2, -0.15) is 13.2 Å². The first kappa shape index (κ1) is 24.4. The Balaban J connectivity index is 2.05. The highest BCUT2D eigenvalue weighted by Crippen LogP contribution is 2.31. The molecule has 1 aliphatic rings. The van der Waals surface area contributed by atoms with Gasteiger partial charge in [0.25, 0.3) is 5.91 Å². The second kappa shape index (κ2) is 8.94. The fourth-order valence-electron chi connectivity index (χ4n) is 3.30. The van der Waals surface area contributed by atoms with Gasteiger partial charge >= 0.3 is 6.18 Å². The number of likely N-dealkylation sites (N-methyl/N-ethyl adjacent to an activating group) is 1. The molecule has 2 N–H and O–H groups in total. The molecule has 33 heavy (non-hydrogen) atoms. The lowest BCUT2D eigenvalue weighted by molar-refractivity contribution is -0.137. The van der Waals surface area contributed by atoms with E-state index in [1.807, 2.05) is 0 Å². The van der Waals surface area contributed by atoms with Crippen molar-refractivity contribution in [3.8, 4) is 0 Å². The number of hydrogen-bond donors (Lipinski definition) is 2. The molecule has 2 aromatic rings. The summed E-state index contributed by atoms with van der Waals surface area (Å²) in [6.07, 6.45) is -5.06. The fraction of sp³-hybridized carbons (Fsp3) is 0.286. The van der Waals surface area contributed by atoms with Gasteiger partial charge < -0.3 is 10.2 Å². The number of carbonyl (C=O) groups excluding carboxylic acids is 2. The largest absolute Gasteiger partial charge is 0.416 e. The Morgan fingerprint density at radius 3 is 2.30 bits per heavy atom. The topological polar surface area (TPSA) is 108 Å². The Labute approximate surface area is 188 Å². The van der Waals surface area contributed by atoms with Crippen LogP contribution in [0.25, 0.3) is 0 Å². The number of anilines is 1. The predicted molar refractivity (Wildman–Crippen MR) is 116 cm³/mol. The maximum Gasteiger partial charge on any atom is 0.416 e. The lowest BCUT2D eigenvalue weighted by atomic mass is 9.99. The van der Waals surface area contributed by atoms with E-state index in [4.69, 9.17) is 0 Å². The average molecular weight is 482 g/mol. The van der Waals surface area contributed by atoms with Gasteiger partial charge in [0.05, 0.1) is 29.3 Å². The number of fused-ring (bicyclic) bond motifs is 1. The zero-order valence-corrected chi connectivity index (χ0v) is 18.7. The molecule has 3 rings (SSSR count). The molecule has 8 nitrogen and oxygen atoms in total. The minimum Gasteiger partial charge on any atom is -0.325 e. The van der Waals surface area contributed by atoms with Crippen LogP contribution < -0.4 is 14.9 Å². The third-order valence-corrected chi connectivity index (χ3v) is 5.67. The summed E-state index contributed by atoms with van der Waals surface area (Å²) in [5, 5.41) is 2.41. The number of hydrogen-bond acceptors (Lipinski definition) is 5. The molecule has 0 spiro atoms. The Morgan fingerprint density at radius 1 is 1.12 bits per heavy atom. The number of para-hydroxylation sites is 1. The second-order valence-electron chi connectivity index (χ2n) is 7.49. The van der Waals surface area contributed by atoms with Crippen LogP contribution in [0.1, 0.15) is 23.6 Å². The van der Waals surface area contributed by atoms with E-state index in [1.165, 1.54) is 31.0 Å². The standard InChI is InChI=1S/C21H21F3N4O4S/c1-12(27-33(3,31)32)19(29)26-18-20(30)28(2)16-7-5-4-6-15(16)17(25-18)13-8-10-14(11-9-13)21(22,23)24/h4-12,18,27H,1-3H3,(H,26,29). The van der Waals surface area contributed by atoms with Gasteiger partial charge in [0.2, 0.25) is 22.1 Å². The number of benzene rings is 2. The fourth-order valence-corrected chi connectivity index (χ4v) is 4.05. The average Bonchev–Trinajstić information content (AvgIpc) is 2.83. The van der Waals surface area contributed by atoms with Gasteiger partial charge in [0.15, 0.2) is 0 Å². The summed E-state index contributed by atoms with van der Waals surface area (Å²) in [6, 6.07) is 9.78. The Bertz CT molecular complexity index is 1210. The third-order valence-electron chi connectivity index (χ3n) is 4.89. The first-order chi connectivity index (χ1) is 15.3. The molecule has 12 heteroatoms. The van der Waals surface area contributed by atoms with E-state index in [0.717, 1.165) is 18.4 Å². The number of benzodiazepines with no additional fused rings is 1. The van der Waals surface area contributed by atoms with E-state index in [-0.39, 0.29) is 5.71 Å². The molecule has 2 unspecified atom stereocenters. The molecular weight excluding hydrogens is 461 g/mol. The lowest BCUT2D eigenvalue weighted by Gasteiger charge is -2.22. The van der Waals surface area contributed by atoms with Gasteiger partial charge in [0, 0.05) is 18.2 Å². The van der Waals surface area contributed by atoms with Gasteiger partial charge in [-0.3, -0.25) is 9.59 Å². The van der Waals surface area contributed by atoms with Crippen LogP contribution in [0.3, 0.4) is 0 Å². The molecule has 0 saturated heterocycles. The molecule has 0 aromatic heterocycles. The minimum atomic E-state index is -4.52. The van der Waals surface area contributed by atoms with Crippen molar-refractivity contribution in [1.29, 1.82) is 0 Å². The third kappa shape index (κ3) is 5.57. The zero-order valence-electron chi connectivity index (χ0n) is 17.8. The molecule has 176 valence electrons. The molecule has 2 atom stereocenters. The van der Waals surface area contributed by atoms with E-state index < -0.39 is 45.8 Å². The van der Waals surface area contributed by atoms with Gasteiger partial charge in [-0.25, -0.2) is 18.1 Å². The maximum absolute atomic E-state index is 13.0. The van der Waals surface area contributed by atoms with Crippen molar-refractivity contribution in [2.75, 3.05) is 18.2 Å². The summed E-state index contributed by atoms with van der Waals surface area (Å²) in [7, 11) is -2.21. The van der Waals surface area contributed by atoms with Crippen molar-refractivity contribution in [1.82, 2.24) is 10.0 Å². The molecule has 0 radical (unpaired) electrons. The van der Waals surface area contributed by atoms with Crippen molar-refractivity contribution in [3.63, 3.8) is 0 Å². The SMILES string of the molecule is CC(NS(C)(=O)=O)C(=O)NC1N=C(c2ccc(C(F)(F)F)cc2)c2ccccc2N(C)C1=O. The normalized spacial score (nSPS) is 17.6. The summed E-state index contributed by atoms with van der Waals surface area (Å²) < 4.78 is 63.9. The number of alkyl halides is 3. The number of nitrogens with zero attached hydrogens (tertiary/aromatic N) is 2. The number of amides is 2. The molecule has 1 heterocycles. The summed E-state index contributed by atoms with van der Waals surface area (Å²) in [4.78, 5) is 31.2. The Morgan fingerprint density at radius 2 is 1.73 bits per heavy atom. The van der Waals surface area contributed by atoms with Gasteiger partial charge in [-0.15, -0.1) is 0 Å². The van der Waals surface area contributed by atoms with E-state index in [9.17, 15) is 31.2 Å². The smallest absolute Gasteiger partial charge is 0.325 e. The van der Waals surface area contributed by atoms with Crippen molar-refractivity contribution in [3.05, 3.63) is 65.2 Å². The highest BCUT2D eigenvalue weighted by molar-refractivity contribution is 7.88. The first-order valence-corrected chi connectivity index (χ1v) is 11.6. The summed E-state index contributed by atoms with van der Waals surface area (Å²) in [5.41, 5.74) is 0.589. The van der Waals surface area contributed by atoms with Crippen molar-refractivity contribution in [2.45, 2.75) is 25.3 Å². The summed E-state index contributed by atoms with van der Waals surface area (Å²) in [5.74, 6) is -1.40. The monoisotopic (exact) mass is 482 g/mol. The maximum atomic E-state index is 13.0. The number of aliphatic imine (C=N–C) groups is 1. The number of rotatable bonds is 5. The quantitative estimate of drug-likeness (QED) is 0.679. The Kier molecular flexibility index (Phi) is 6.61. The second-order valence-corrected chi connectivity index (χ2v) is 9.27. The van der Waals surface area contributed by atoms with Gasteiger partial charge in [0.1, 0.15) is 0 Å². The molecule has 2 aromatic carbocycles. The highest BCUT2D eigenvalue weighted by atomic mass is 32.2. The highest BCUT2D eigenvalue weighted by Gasteiger charge is 2.33. The number of sulfonamides is 1. The molecule has 1 aliphatic heterocycles.